The molecule has 0 saturated heterocycles. The molecule has 0 unspecified atom stereocenters. The number of benzene rings is 2. The van der Waals surface area contributed by atoms with Crippen molar-refractivity contribution in [1.82, 2.24) is 0 Å². The second-order valence-corrected chi connectivity index (χ2v) is 4.21. The lowest BCUT2D eigenvalue weighted by Crippen LogP contribution is -2.18. The number of hydrogen-bond donors (Lipinski definition) is 3. The monoisotopic (exact) mass is 226 g/mol. The molecule has 0 amide bonds. The van der Waals surface area contributed by atoms with E-state index in [0.717, 1.165) is 22.7 Å². The molecule has 2 aromatic rings. The number of para-hydroxylation sites is 2. The van der Waals surface area contributed by atoms with Crippen molar-refractivity contribution < 1.29 is 0 Å². The molecule has 0 radical (unpaired) electrons. The van der Waals surface area contributed by atoms with Gasteiger partial charge in [0.1, 0.15) is 0 Å². The van der Waals surface area contributed by atoms with Gasteiger partial charge in [-0.05, 0) is 24.3 Å². The molecule has 1 heterocycles. The van der Waals surface area contributed by atoms with Crippen molar-refractivity contribution in [2.75, 3.05) is 28.7 Å². The maximum Gasteiger partial charge on any atom is 0.0861 e. The van der Waals surface area contributed by atoms with Crippen molar-refractivity contribution in [3.63, 3.8) is 0 Å². The Bertz CT molecular complexity index is 592. The summed E-state index contributed by atoms with van der Waals surface area (Å²) in [6.45, 7) is 0. The van der Waals surface area contributed by atoms with Gasteiger partial charge in [-0.15, -0.1) is 0 Å². The first kappa shape index (κ1) is 9.84. The summed E-state index contributed by atoms with van der Waals surface area (Å²) in [6, 6.07) is 11.8. The summed E-state index contributed by atoms with van der Waals surface area (Å²) in [7, 11) is 2.01. The third kappa shape index (κ3) is 1.38. The van der Waals surface area contributed by atoms with Crippen LogP contribution in [0.3, 0.4) is 0 Å². The molecular formula is C13H14N4. The Balaban J connectivity index is 2.23. The van der Waals surface area contributed by atoms with Crippen molar-refractivity contribution in [2.24, 2.45) is 0 Å². The Morgan fingerprint density at radius 2 is 1.82 bits per heavy atom. The predicted molar refractivity (Wildman–Crippen MR) is 73.1 cm³/mol. The van der Waals surface area contributed by atoms with E-state index in [1.165, 1.54) is 0 Å². The number of nitrogens with one attached hydrogen (secondary N) is 1. The van der Waals surface area contributed by atoms with E-state index in [1.54, 1.807) is 6.07 Å². The number of fused-ring (bicyclic) bond motifs is 2. The van der Waals surface area contributed by atoms with E-state index in [1.807, 2.05) is 31.3 Å². The van der Waals surface area contributed by atoms with E-state index >= 15 is 0 Å². The van der Waals surface area contributed by atoms with E-state index in [4.69, 9.17) is 11.5 Å². The van der Waals surface area contributed by atoms with Gasteiger partial charge in [-0.2, -0.15) is 0 Å². The van der Waals surface area contributed by atoms with E-state index in [9.17, 15) is 0 Å². The number of nitrogens with zero attached hydrogens (tertiary/aromatic N) is 1. The van der Waals surface area contributed by atoms with Crippen LogP contribution in [0.15, 0.2) is 36.4 Å². The minimum Gasteiger partial charge on any atom is -0.399 e. The maximum atomic E-state index is 5.99. The molecule has 4 heteroatoms. The molecule has 2 aromatic carbocycles. The number of nitrogens with two attached hydrogens (primary N) is 2. The second-order valence-electron chi connectivity index (χ2n) is 4.21. The summed E-state index contributed by atoms with van der Waals surface area (Å²) in [6.07, 6.45) is 0. The van der Waals surface area contributed by atoms with Gasteiger partial charge in [0.25, 0.3) is 0 Å². The zero-order valence-corrected chi connectivity index (χ0v) is 9.57. The van der Waals surface area contributed by atoms with E-state index in [-0.39, 0.29) is 0 Å². The highest BCUT2D eigenvalue weighted by molar-refractivity contribution is 5.97. The molecule has 17 heavy (non-hydrogen) atoms. The topological polar surface area (TPSA) is 67.3 Å². The molecule has 1 aliphatic heterocycles. The van der Waals surface area contributed by atoms with Crippen molar-refractivity contribution in [3.05, 3.63) is 36.4 Å². The van der Waals surface area contributed by atoms with Gasteiger partial charge in [-0.3, -0.25) is 0 Å². The van der Waals surface area contributed by atoms with Crippen molar-refractivity contribution >= 4 is 34.1 Å². The van der Waals surface area contributed by atoms with Gasteiger partial charge in [0, 0.05) is 12.7 Å². The molecule has 4 nitrogen and oxygen atoms in total. The lowest BCUT2D eigenvalue weighted by Gasteiger charge is -2.31. The fourth-order valence-electron chi connectivity index (χ4n) is 2.21. The van der Waals surface area contributed by atoms with Gasteiger partial charge in [-0.1, -0.05) is 12.1 Å². The number of rotatable bonds is 0. The normalized spacial score (nSPS) is 12.6. The van der Waals surface area contributed by atoms with Gasteiger partial charge >= 0.3 is 0 Å². The van der Waals surface area contributed by atoms with Crippen LogP contribution < -0.4 is 21.7 Å². The first-order chi connectivity index (χ1) is 8.16. The van der Waals surface area contributed by atoms with Crippen LogP contribution in [0.4, 0.5) is 34.1 Å². The zero-order chi connectivity index (χ0) is 12.0. The van der Waals surface area contributed by atoms with Crippen LogP contribution in [0.2, 0.25) is 0 Å². The molecule has 0 fully saturated rings. The molecule has 0 atom stereocenters. The van der Waals surface area contributed by atoms with Gasteiger partial charge in [0.05, 0.1) is 28.4 Å². The smallest absolute Gasteiger partial charge is 0.0861 e. The predicted octanol–water partition coefficient (Wildman–Crippen LogP) is 2.68. The van der Waals surface area contributed by atoms with Crippen LogP contribution in [0.1, 0.15) is 0 Å². The van der Waals surface area contributed by atoms with Gasteiger partial charge in [-0.25, -0.2) is 0 Å². The molecule has 1 aliphatic rings. The lowest BCUT2D eigenvalue weighted by atomic mass is 10.1. The number of nitrogen functional groups attached to an aromatic ring is 2. The van der Waals surface area contributed by atoms with Crippen molar-refractivity contribution in [1.29, 1.82) is 0 Å². The fourth-order valence-corrected chi connectivity index (χ4v) is 2.21. The van der Waals surface area contributed by atoms with Gasteiger partial charge < -0.3 is 21.7 Å². The molecule has 0 saturated carbocycles. The van der Waals surface area contributed by atoms with E-state index < -0.39 is 0 Å². The molecule has 86 valence electrons. The van der Waals surface area contributed by atoms with Crippen LogP contribution in [0, 0.1) is 0 Å². The largest absolute Gasteiger partial charge is 0.399 e. The minimum absolute atomic E-state index is 0.668. The average molecular weight is 226 g/mol. The van der Waals surface area contributed by atoms with Crippen LogP contribution in [-0.4, -0.2) is 7.05 Å². The van der Waals surface area contributed by atoms with E-state index in [2.05, 4.69) is 16.3 Å². The summed E-state index contributed by atoms with van der Waals surface area (Å²) < 4.78 is 0. The average Bonchev–Trinajstić information content (AvgIpc) is 2.31. The van der Waals surface area contributed by atoms with Crippen LogP contribution in [-0.2, 0) is 0 Å². The molecule has 0 bridgehead atoms. The quantitative estimate of drug-likeness (QED) is 0.604. The number of anilines is 6. The molecule has 0 aromatic heterocycles. The van der Waals surface area contributed by atoms with Crippen LogP contribution >= 0.6 is 0 Å². The Kier molecular flexibility index (Phi) is 1.92. The van der Waals surface area contributed by atoms with Gasteiger partial charge in [0.15, 0.2) is 0 Å². The first-order valence-electron chi connectivity index (χ1n) is 5.45. The van der Waals surface area contributed by atoms with Crippen molar-refractivity contribution in [2.45, 2.75) is 0 Å². The lowest BCUT2D eigenvalue weighted by molar-refractivity contribution is 1.19. The Morgan fingerprint density at radius 1 is 1.06 bits per heavy atom. The van der Waals surface area contributed by atoms with Gasteiger partial charge in [0.2, 0.25) is 0 Å². The summed E-state index contributed by atoms with van der Waals surface area (Å²) in [5, 5.41) is 3.34. The maximum absolute atomic E-state index is 5.99. The first-order valence-corrected chi connectivity index (χ1v) is 5.45. The summed E-state index contributed by atoms with van der Waals surface area (Å²) >= 11 is 0. The highest BCUT2D eigenvalue weighted by Gasteiger charge is 2.21. The molecule has 3 rings (SSSR count). The fraction of sp³-hybridized carbons (Fsp3) is 0.0769. The SMILES string of the molecule is CN1c2ccccc2Nc2c(N)cc(N)cc21. The standard InChI is InChI=1S/C13H14N4/c1-17-11-5-3-2-4-10(11)16-13-9(15)6-8(14)7-12(13)17/h2-7,16H,14-15H2,1H3. The Labute approximate surface area is 99.8 Å². The second kappa shape index (κ2) is 3.31. The summed E-state index contributed by atoms with van der Waals surface area (Å²) in [5.41, 5.74) is 17.3. The Hall–Kier alpha value is -2.36. The highest BCUT2D eigenvalue weighted by atomic mass is 15.2. The third-order valence-corrected chi connectivity index (χ3v) is 3.06. The molecule has 0 spiro atoms. The summed E-state index contributed by atoms with van der Waals surface area (Å²) in [5.74, 6) is 0. The van der Waals surface area contributed by atoms with Crippen LogP contribution in [0.5, 0.6) is 0 Å². The highest BCUT2D eigenvalue weighted by Crippen LogP contribution is 2.45. The van der Waals surface area contributed by atoms with Crippen molar-refractivity contribution in [3.8, 4) is 0 Å². The summed E-state index contributed by atoms with van der Waals surface area (Å²) in [4.78, 5) is 2.09. The number of hydrogen-bond acceptors (Lipinski definition) is 4. The Morgan fingerprint density at radius 3 is 2.65 bits per heavy atom. The van der Waals surface area contributed by atoms with Crippen LogP contribution in [0.25, 0.3) is 0 Å². The third-order valence-electron chi connectivity index (χ3n) is 3.06. The molecule has 0 aliphatic carbocycles. The molecule has 5 N–H and O–H groups in total. The van der Waals surface area contributed by atoms with E-state index in [0.29, 0.717) is 11.4 Å². The zero-order valence-electron chi connectivity index (χ0n) is 9.57. The minimum atomic E-state index is 0.668. The molecular weight excluding hydrogens is 212 g/mol.